The highest BCUT2D eigenvalue weighted by atomic mass is 35.5. The summed E-state index contributed by atoms with van der Waals surface area (Å²) in [5.41, 5.74) is 5.43. The average molecular weight is 496 g/mol. The van der Waals surface area contributed by atoms with Crippen LogP contribution in [0.5, 0.6) is 0 Å². The number of aromatic nitrogens is 1. The van der Waals surface area contributed by atoms with Crippen molar-refractivity contribution in [3.05, 3.63) is 119 Å². The second-order valence-corrected chi connectivity index (χ2v) is 9.98. The SMILES string of the molecule is Cc1ccc(C(=O)N(CC(=O)N2c3ccccc3-n3cccc3C2c2ccc(Cl)cc2)C2CC2)cc1. The third-order valence-corrected chi connectivity index (χ3v) is 7.28. The van der Waals surface area contributed by atoms with Crippen molar-refractivity contribution in [3.8, 4) is 5.69 Å². The molecule has 1 aromatic heterocycles. The van der Waals surface area contributed by atoms with Crippen LogP contribution in [0, 0.1) is 6.92 Å². The van der Waals surface area contributed by atoms with E-state index in [4.69, 9.17) is 11.6 Å². The van der Waals surface area contributed by atoms with Gasteiger partial charge >= 0.3 is 0 Å². The van der Waals surface area contributed by atoms with Crippen molar-refractivity contribution < 1.29 is 9.59 Å². The Balaban J connectivity index is 1.40. The molecule has 5 nitrogen and oxygen atoms in total. The minimum Gasteiger partial charge on any atom is -0.326 e. The first kappa shape index (κ1) is 22.6. The number of carbonyl (C=O) groups excluding carboxylic acids is 2. The fourth-order valence-electron chi connectivity index (χ4n) is 5.06. The van der Waals surface area contributed by atoms with Crippen LogP contribution < -0.4 is 4.90 Å². The number of nitrogens with zero attached hydrogens (tertiary/aromatic N) is 3. The second-order valence-electron chi connectivity index (χ2n) is 9.54. The summed E-state index contributed by atoms with van der Waals surface area (Å²) >= 11 is 6.19. The molecule has 0 radical (unpaired) electrons. The molecule has 180 valence electrons. The number of aryl methyl sites for hydroxylation is 1. The van der Waals surface area contributed by atoms with E-state index in [0.29, 0.717) is 10.6 Å². The maximum absolute atomic E-state index is 14.2. The summed E-state index contributed by atoms with van der Waals surface area (Å²) in [7, 11) is 0. The fraction of sp³-hybridized carbons (Fsp3) is 0.200. The van der Waals surface area contributed by atoms with E-state index in [1.165, 1.54) is 0 Å². The van der Waals surface area contributed by atoms with Crippen molar-refractivity contribution in [3.63, 3.8) is 0 Å². The van der Waals surface area contributed by atoms with Crippen LogP contribution in [-0.4, -0.2) is 33.9 Å². The van der Waals surface area contributed by atoms with Crippen LogP contribution >= 0.6 is 11.6 Å². The van der Waals surface area contributed by atoms with Crippen molar-refractivity contribution in [1.82, 2.24) is 9.47 Å². The third-order valence-electron chi connectivity index (χ3n) is 7.03. The minimum absolute atomic E-state index is 0.0243. The highest BCUT2D eigenvalue weighted by molar-refractivity contribution is 6.30. The first-order valence-electron chi connectivity index (χ1n) is 12.2. The summed E-state index contributed by atoms with van der Waals surface area (Å²) < 4.78 is 2.13. The molecule has 0 bridgehead atoms. The van der Waals surface area contributed by atoms with Gasteiger partial charge in [0, 0.05) is 22.8 Å². The zero-order valence-corrected chi connectivity index (χ0v) is 20.7. The summed E-state index contributed by atoms with van der Waals surface area (Å²) in [5, 5.41) is 0.645. The number of carbonyl (C=O) groups is 2. The fourth-order valence-corrected chi connectivity index (χ4v) is 5.19. The molecule has 6 rings (SSSR count). The summed E-state index contributed by atoms with van der Waals surface area (Å²) in [5.74, 6) is -0.204. The van der Waals surface area contributed by atoms with Crippen molar-refractivity contribution in [1.29, 1.82) is 0 Å². The van der Waals surface area contributed by atoms with Gasteiger partial charge in [0.15, 0.2) is 0 Å². The van der Waals surface area contributed by atoms with Gasteiger partial charge in [-0.15, -0.1) is 0 Å². The van der Waals surface area contributed by atoms with Gasteiger partial charge in [-0.3, -0.25) is 14.5 Å². The maximum Gasteiger partial charge on any atom is 0.254 e. The second kappa shape index (κ2) is 8.99. The first-order chi connectivity index (χ1) is 17.5. The van der Waals surface area contributed by atoms with Gasteiger partial charge in [0.1, 0.15) is 12.6 Å². The number of para-hydroxylation sites is 2. The molecule has 1 unspecified atom stereocenters. The van der Waals surface area contributed by atoms with Crippen LogP contribution in [0.15, 0.2) is 91.1 Å². The molecule has 2 amide bonds. The van der Waals surface area contributed by atoms with Crippen LogP contribution in [-0.2, 0) is 4.79 Å². The van der Waals surface area contributed by atoms with Gasteiger partial charge in [-0.2, -0.15) is 0 Å². The Kier molecular flexibility index (Phi) is 5.65. The largest absolute Gasteiger partial charge is 0.326 e. The molecule has 1 atom stereocenters. The minimum atomic E-state index is -0.338. The van der Waals surface area contributed by atoms with E-state index in [1.54, 1.807) is 4.90 Å². The lowest BCUT2D eigenvalue weighted by molar-refractivity contribution is -0.119. The smallest absolute Gasteiger partial charge is 0.254 e. The van der Waals surface area contributed by atoms with Gasteiger partial charge in [0.2, 0.25) is 5.91 Å². The summed E-state index contributed by atoms with van der Waals surface area (Å²) in [6.07, 6.45) is 3.87. The van der Waals surface area contributed by atoms with E-state index < -0.39 is 0 Å². The van der Waals surface area contributed by atoms with Gasteiger partial charge < -0.3 is 9.47 Å². The number of hydrogen-bond donors (Lipinski definition) is 0. The van der Waals surface area contributed by atoms with Gasteiger partial charge in [0.05, 0.1) is 17.1 Å². The van der Waals surface area contributed by atoms with Crippen LogP contribution in [0.2, 0.25) is 5.02 Å². The molecular formula is C30H26ClN3O2. The third kappa shape index (κ3) is 3.99. The molecule has 0 spiro atoms. The highest BCUT2D eigenvalue weighted by Gasteiger charge is 2.40. The lowest BCUT2D eigenvalue weighted by Crippen LogP contribution is -2.47. The molecule has 6 heteroatoms. The standard InChI is InChI=1S/C30H26ClN3O2/c1-20-8-10-22(11-9-20)30(36)33(24-16-17-24)19-28(35)34-26-6-3-2-5-25(26)32-18-4-7-27(32)29(34)21-12-14-23(31)15-13-21/h2-15,18,24,29H,16-17,19H2,1H3. The normalized spacial score (nSPS) is 16.3. The molecule has 2 aliphatic rings. The van der Waals surface area contributed by atoms with Crippen molar-refractivity contribution >= 4 is 29.1 Å². The Bertz CT molecular complexity index is 1440. The van der Waals surface area contributed by atoms with E-state index >= 15 is 0 Å². The predicted octanol–water partition coefficient (Wildman–Crippen LogP) is 6.18. The van der Waals surface area contributed by atoms with Gasteiger partial charge in [0.25, 0.3) is 5.91 Å². The Morgan fingerprint density at radius 1 is 0.889 bits per heavy atom. The molecule has 3 aromatic carbocycles. The molecule has 1 aliphatic heterocycles. The number of fused-ring (bicyclic) bond motifs is 3. The van der Waals surface area contributed by atoms with Crippen molar-refractivity contribution in [2.24, 2.45) is 0 Å². The molecule has 1 saturated carbocycles. The zero-order valence-electron chi connectivity index (χ0n) is 20.0. The van der Waals surface area contributed by atoms with Crippen LogP contribution in [0.4, 0.5) is 5.69 Å². The van der Waals surface area contributed by atoms with E-state index in [1.807, 2.05) is 103 Å². The Morgan fingerprint density at radius 3 is 2.28 bits per heavy atom. The Labute approximate surface area is 215 Å². The lowest BCUT2D eigenvalue weighted by Gasteiger charge is -2.39. The van der Waals surface area contributed by atoms with E-state index in [2.05, 4.69) is 4.57 Å². The number of halogens is 1. The molecule has 1 aliphatic carbocycles. The molecule has 0 N–H and O–H groups in total. The highest BCUT2D eigenvalue weighted by Crippen LogP contribution is 2.42. The zero-order chi connectivity index (χ0) is 24.8. The maximum atomic E-state index is 14.2. The quantitative estimate of drug-likeness (QED) is 0.332. The number of benzene rings is 3. The van der Waals surface area contributed by atoms with E-state index in [-0.39, 0.29) is 30.4 Å². The molecule has 36 heavy (non-hydrogen) atoms. The summed E-state index contributed by atoms with van der Waals surface area (Å²) in [6, 6.07) is 26.9. The lowest BCUT2D eigenvalue weighted by atomic mass is 9.97. The average Bonchev–Trinajstić information content (AvgIpc) is 3.62. The number of amides is 2. The van der Waals surface area contributed by atoms with E-state index in [0.717, 1.165) is 41.0 Å². The topological polar surface area (TPSA) is 45.6 Å². The number of hydrogen-bond acceptors (Lipinski definition) is 2. The van der Waals surface area contributed by atoms with E-state index in [9.17, 15) is 9.59 Å². The van der Waals surface area contributed by atoms with Gasteiger partial charge in [-0.05, 0) is 73.9 Å². The molecular weight excluding hydrogens is 470 g/mol. The molecule has 2 heterocycles. The van der Waals surface area contributed by atoms with Gasteiger partial charge in [-0.25, -0.2) is 0 Å². The van der Waals surface area contributed by atoms with Crippen LogP contribution in [0.1, 0.15) is 46.1 Å². The summed E-state index contributed by atoms with van der Waals surface area (Å²) in [4.78, 5) is 31.3. The molecule has 4 aromatic rings. The van der Waals surface area contributed by atoms with Crippen LogP contribution in [0.25, 0.3) is 5.69 Å². The summed E-state index contributed by atoms with van der Waals surface area (Å²) in [6.45, 7) is 2.02. The molecule has 1 fully saturated rings. The predicted molar refractivity (Wildman–Crippen MR) is 142 cm³/mol. The van der Waals surface area contributed by atoms with Crippen molar-refractivity contribution in [2.75, 3.05) is 11.4 Å². The van der Waals surface area contributed by atoms with Gasteiger partial charge in [-0.1, -0.05) is 53.6 Å². The van der Waals surface area contributed by atoms with Crippen LogP contribution in [0.3, 0.4) is 0 Å². The number of anilines is 1. The first-order valence-corrected chi connectivity index (χ1v) is 12.6. The van der Waals surface area contributed by atoms with Crippen molar-refractivity contribution in [2.45, 2.75) is 31.8 Å². The Hall–Kier alpha value is -3.83. The number of rotatable bonds is 5. The monoisotopic (exact) mass is 495 g/mol. The Morgan fingerprint density at radius 2 is 1.58 bits per heavy atom. The molecule has 0 saturated heterocycles.